The third kappa shape index (κ3) is 2.83. The Morgan fingerprint density at radius 3 is 2.90 bits per heavy atom. The fraction of sp³-hybridized carbons (Fsp3) is 0.278. The van der Waals surface area contributed by atoms with Gasteiger partial charge < -0.3 is 10.1 Å². The van der Waals surface area contributed by atoms with Crippen LogP contribution in [0.2, 0.25) is 0 Å². The summed E-state index contributed by atoms with van der Waals surface area (Å²) in [6.07, 6.45) is 1.03. The molecule has 1 aliphatic heterocycles. The van der Waals surface area contributed by atoms with Crippen LogP contribution in [-0.4, -0.2) is 18.9 Å². The van der Waals surface area contributed by atoms with Crippen molar-refractivity contribution in [3.8, 4) is 5.75 Å². The largest absolute Gasteiger partial charge is 0.493 e. The molecule has 0 saturated carbocycles. The number of para-hydroxylation sites is 1. The van der Waals surface area contributed by atoms with Crippen molar-refractivity contribution in [1.82, 2.24) is 5.32 Å². The van der Waals surface area contributed by atoms with Crippen LogP contribution in [0.5, 0.6) is 5.75 Å². The van der Waals surface area contributed by atoms with Crippen molar-refractivity contribution < 1.29 is 9.53 Å². The van der Waals surface area contributed by atoms with E-state index in [2.05, 4.69) is 11.4 Å². The molecule has 21 heavy (non-hydrogen) atoms. The van der Waals surface area contributed by atoms with E-state index in [1.54, 1.807) is 0 Å². The van der Waals surface area contributed by atoms with Gasteiger partial charge in [0.25, 0.3) is 0 Å². The number of nitrogens with one attached hydrogen (secondary N) is 1. The standard InChI is InChI=1S/C18H19NO2/c1-2-21-17-6-4-3-5-16(17)18(20)14-8-7-13-9-10-19-12-15(13)11-14/h3-8,11,19H,2,9-10,12H2,1H3. The average molecular weight is 281 g/mol. The van der Waals surface area contributed by atoms with Crippen LogP contribution in [0.25, 0.3) is 0 Å². The number of benzene rings is 2. The maximum Gasteiger partial charge on any atom is 0.196 e. The second kappa shape index (κ2) is 6.10. The number of hydrogen-bond acceptors (Lipinski definition) is 3. The van der Waals surface area contributed by atoms with Crippen molar-refractivity contribution in [3.05, 3.63) is 64.7 Å². The highest BCUT2D eigenvalue weighted by atomic mass is 16.5. The smallest absolute Gasteiger partial charge is 0.196 e. The summed E-state index contributed by atoms with van der Waals surface area (Å²) in [5.74, 6) is 0.674. The fourth-order valence-corrected chi connectivity index (χ4v) is 2.71. The topological polar surface area (TPSA) is 38.3 Å². The molecule has 0 bridgehead atoms. The van der Waals surface area contributed by atoms with E-state index in [1.807, 2.05) is 43.3 Å². The molecule has 0 atom stereocenters. The normalized spacial score (nSPS) is 13.6. The quantitative estimate of drug-likeness (QED) is 0.876. The molecule has 0 saturated heterocycles. The van der Waals surface area contributed by atoms with Gasteiger partial charge in [-0.25, -0.2) is 0 Å². The fourth-order valence-electron chi connectivity index (χ4n) is 2.71. The first-order valence-electron chi connectivity index (χ1n) is 7.38. The van der Waals surface area contributed by atoms with Gasteiger partial charge in [0.05, 0.1) is 12.2 Å². The van der Waals surface area contributed by atoms with E-state index in [9.17, 15) is 4.79 Å². The molecule has 3 heteroatoms. The van der Waals surface area contributed by atoms with Crippen molar-refractivity contribution >= 4 is 5.78 Å². The summed E-state index contributed by atoms with van der Waals surface area (Å²) >= 11 is 0. The molecule has 0 spiro atoms. The van der Waals surface area contributed by atoms with Crippen molar-refractivity contribution in [3.63, 3.8) is 0 Å². The molecule has 2 aromatic carbocycles. The Morgan fingerprint density at radius 1 is 1.19 bits per heavy atom. The van der Waals surface area contributed by atoms with Crippen LogP contribution in [0.1, 0.15) is 34.0 Å². The molecule has 0 aromatic heterocycles. The molecule has 3 nitrogen and oxygen atoms in total. The Kier molecular flexibility index (Phi) is 4.02. The molecular weight excluding hydrogens is 262 g/mol. The van der Waals surface area contributed by atoms with Gasteiger partial charge in [-0.05, 0) is 49.2 Å². The summed E-state index contributed by atoms with van der Waals surface area (Å²) in [7, 11) is 0. The SMILES string of the molecule is CCOc1ccccc1C(=O)c1ccc2c(c1)CNCC2. The Balaban J connectivity index is 1.95. The summed E-state index contributed by atoms with van der Waals surface area (Å²) in [6, 6.07) is 13.4. The first-order valence-corrected chi connectivity index (χ1v) is 7.38. The molecule has 0 unspecified atom stereocenters. The maximum atomic E-state index is 12.7. The lowest BCUT2D eigenvalue weighted by Gasteiger charge is -2.18. The van der Waals surface area contributed by atoms with Crippen LogP contribution in [0.4, 0.5) is 0 Å². The van der Waals surface area contributed by atoms with E-state index in [0.29, 0.717) is 17.9 Å². The summed E-state index contributed by atoms with van der Waals surface area (Å²) in [6.45, 7) is 4.32. The predicted molar refractivity (Wildman–Crippen MR) is 82.9 cm³/mol. The zero-order chi connectivity index (χ0) is 14.7. The molecule has 1 N–H and O–H groups in total. The molecule has 1 heterocycles. The molecule has 3 rings (SSSR count). The first kappa shape index (κ1) is 13.8. The number of carbonyl (C=O) groups is 1. The number of ether oxygens (including phenoxy) is 1. The van der Waals surface area contributed by atoms with Gasteiger partial charge >= 0.3 is 0 Å². The number of carbonyl (C=O) groups excluding carboxylic acids is 1. The van der Waals surface area contributed by atoms with Crippen molar-refractivity contribution in [2.75, 3.05) is 13.2 Å². The highest BCUT2D eigenvalue weighted by Crippen LogP contribution is 2.23. The van der Waals surface area contributed by atoms with Crippen LogP contribution in [0.15, 0.2) is 42.5 Å². The molecule has 2 aromatic rings. The molecule has 108 valence electrons. The van der Waals surface area contributed by atoms with Gasteiger partial charge in [-0.15, -0.1) is 0 Å². The lowest BCUT2D eigenvalue weighted by molar-refractivity contribution is 0.103. The van der Waals surface area contributed by atoms with Gasteiger partial charge in [-0.2, -0.15) is 0 Å². The Bertz CT molecular complexity index is 664. The molecule has 0 amide bonds. The third-order valence-electron chi connectivity index (χ3n) is 3.79. The highest BCUT2D eigenvalue weighted by Gasteiger charge is 2.16. The minimum absolute atomic E-state index is 0.0208. The van der Waals surface area contributed by atoms with E-state index in [0.717, 1.165) is 25.1 Å². The van der Waals surface area contributed by atoms with E-state index in [4.69, 9.17) is 4.74 Å². The first-order chi connectivity index (χ1) is 10.3. The van der Waals surface area contributed by atoms with Gasteiger partial charge in [-0.1, -0.05) is 24.3 Å². The van der Waals surface area contributed by atoms with Gasteiger partial charge in [0.15, 0.2) is 5.78 Å². The van der Waals surface area contributed by atoms with Crippen molar-refractivity contribution in [1.29, 1.82) is 0 Å². The van der Waals surface area contributed by atoms with Crippen molar-refractivity contribution in [2.45, 2.75) is 19.9 Å². The molecule has 0 radical (unpaired) electrons. The lowest BCUT2D eigenvalue weighted by atomic mass is 9.95. The number of rotatable bonds is 4. The van der Waals surface area contributed by atoms with Crippen LogP contribution < -0.4 is 10.1 Å². The molecule has 1 aliphatic rings. The number of hydrogen-bond donors (Lipinski definition) is 1. The van der Waals surface area contributed by atoms with Crippen LogP contribution in [0.3, 0.4) is 0 Å². The van der Waals surface area contributed by atoms with Gasteiger partial charge in [0, 0.05) is 12.1 Å². The summed E-state index contributed by atoms with van der Waals surface area (Å²) in [4.78, 5) is 12.7. The van der Waals surface area contributed by atoms with Crippen LogP contribution >= 0.6 is 0 Å². The van der Waals surface area contributed by atoms with E-state index >= 15 is 0 Å². The monoisotopic (exact) mass is 281 g/mol. The summed E-state index contributed by atoms with van der Waals surface area (Å²) in [5, 5.41) is 3.34. The van der Waals surface area contributed by atoms with Crippen molar-refractivity contribution in [2.24, 2.45) is 0 Å². The van der Waals surface area contributed by atoms with Gasteiger partial charge in [-0.3, -0.25) is 4.79 Å². The second-order valence-corrected chi connectivity index (χ2v) is 5.17. The zero-order valence-corrected chi connectivity index (χ0v) is 12.2. The summed E-state index contributed by atoms with van der Waals surface area (Å²) < 4.78 is 5.56. The van der Waals surface area contributed by atoms with Gasteiger partial charge in [0.2, 0.25) is 0 Å². The number of fused-ring (bicyclic) bond motifs is 1. The van der Waals surface area contributed by atoms with E-state index < -0.39 is 0 Å². The zero-order valence-electron chi connectivity index (χ0n) is 12.2. The maximum absolute atomic E-state index is 12.7. The Morgan fingerprint density at radius 2 is 2.05 bits per heavy atom. The van der Waals surface area contributed by atoms with E-state index in [-0.39, 0.29) is 5.78 Å². The minimum Gasteiger partial charge on any atom is -0.493 e. The summed E-state index contributed by atoms with van der Waals surface area (Å²) in [5.41, 5.74) is 3.91. The van der Waals surface area contributed by atoms with Crippen LogP contribution in [-0.2, 0) is 13.0 Å². The lowest BCUT2D eigenvalue weighted by Crippen LogP contribution is -2.23. The second-order valence-electron chi connectivity index (χ2n) is 5.17. The highest BCUT2D eigenvalue weighted by molar-refractivity contribution is 6.10. The minimum atomic E-state index is 0.0208. The Hall–Kier alpha value is -2.13. The number of ketones is 1. The molecule has 0 aliphatic carbocycles. The van der Waals surface area contributed by atoms with E-state index in [1.165, 1.54) is 11.1 Å². The predicted octanol–water partition coefficient (Wildman–Crippen LogP) is 2.96. The average Bonchev–Trinajstić information content (AvgIpc) is 2.54. The third-order valence-corrected chi connectivity index (χ3v) is 3.79. The molecular formula is C18H19NO2. The van der Waals surface area contributed by atoms with Gasteiger partial charge in [0.1, 0.15) is 5.75 Å². The molecule has 0 fully saturated rings. The van der Waals surface area contributed by atoms with Crippen LogP contribution in [0, 0.1) is 0 Å². The Labute approximate surface area is 124 Å².